The van der Waals surface area contributed by atoms with Gasteiger partial charge < -0.3 is 0 Å². The summed E-state index contributed by atoms with van der Waals surface area (Å²) in [6, 6.07) is 21.9. The van der Waals surface area contributed by atoms with Gasteiger partial charge in [-0.05, 0) is 0 Å². The van der Waals surface area contributed by atoms with Crippen molar-refractivity contribution in [3.05, 3.63) is 124 Å². The maximum absolute atomic E-state index is 15.2. The molecule has 2 amide bonds. The van der Waals surface area contributed by atoms with Crippen LogP contribution in [-0.2, 0) is 5.54 Å². The number of benzene rings is 3. The van der Waals surface area contributed by atoms with E-state index in [-0.39, 0.29) is 23.0 Å². The normalized spacial score (nSPS) is 22.2. The van der Waals surface area contributed by atoms with E-state index in [9.17, 15) is 9.59 Å². The van der Waals surface area contributed by atoms with Gasteiger partial charge in [0.1, 0.15) is 0 Å². The van der Waals surface area contributed by atoms with Gasteiger partial charge in [0.15, 0.2) is 0 Å². The van der Waals surface area contributed by atoms with Crippen LogP contribution in [0, 0.1) is 23.1 Å². The molecule has 5 aliphatic rings. The van der Waals surface area contributed by atoms with Crippen LogP contribution in [0.15, 0.2) is 105 Å². The van der Waals surface area contributed by atoms with Crippen LogP contribution in [0.4, 0.5) is 4.39 Å². The van der Waals surface area contributed by atoms with E-state index >= 15 is 4.39 Å². The number of fused-ring (bicyclic) bond motifs is 3. The number of halogens is 2. The Kier molecular flexibility index (Phi) is 6.52. The number of amides is 2. The van der Waals surface area contributed by atoms with Crippen LogP contribution in [0.2, 0.25) is 0 Å². The summed E-state index contributed by atoms with van der Waals surface area (Å²) in [5.41, 5.74) is 3.92. The molecule has 4 aliphatic heterocycles. The number of hydrazone groups is 1. The van der Waals surface area contributed by atoms with E-state index in [2.05, 4.69) is 35.8 Å². The Morgan fingerprint density at radius 2 is 1.57 bits per heavy atom. The van der Waals surface area contributed by atoms with Crippen molar-refractivity contribution in [3.8, 4) is 11.8 Å². The van der Waals surface area contributed by atoms with Crippen LogP contribution in [0.1, 0.15) is 71.0 Å². The summed E-state index contributed by atoms with van der Waals surface area (Å²) < 4.78 is 16.9. The van der Waals surface area contributed by atoms with Gasteiger partial charge in [-0.1, -0.05) is 0 Å². The molecule has 7 nitrogen and oxygen atoms in total. The van der Waals surface area contributed by atoms with Crippen molar-refractivity contribution < 1.29 is 35.2 Å². The third-order valence-electron chi connectivity index (χ3n) is 8.93. The average Bonchev–Trinajstić information content (AvgIpc) is 3.16. The van der Waals surface area contributed by atoms with E-state index < -0.39 is 32.9 Å². The topological polar surface area (TPSA) is 77.7 Å². The summed E-state index contributed by atoms with van der Waals surface area (Å²) in [5, 5.41) is 6.41. The van der Waals surface area contributed by atoms with Crippen LogP contribution >= 0.6 is 0 Å². The van der Waals surface area contributed by atoms with Crippen molar-refractivity contribution >= 4 is 31.0 Å². The molecule has 0 N–H and O–H groups in total. The van der Waals surface area contributed by atoms with E-state index in [0.717, 1.165) is 24.0 Å². The van der Waals surface area contributed by atoms with Gasteiger partial charge in [0, 0.05) is 0 Å². The zero-order chi connectivity index (χ0) is 31.8. The SMILES string of the molecule is CC1=NN2C3=C(C=NC2C#C1)C=C(c1ccccc1F)[I-]C(c1ccc(C2(N4C(=O)c5ccccc5C4=O)CC(C)(C)C2)cc1)=N3. The molecule has 4 heterocycles. The van der Waals surface area contributed by atoms with Crippen LogP contribution in [-0.4, -0.2) is 43.5 Å². The molecule has 3 aromatic rings. The van der Waals surface area contributed by atoms with Crippen LogP contribution in [0.3, 0.4) is 0 Å². The van der Waals surface area contributed by atoms with Crippen molar-refractivity contribution in [2.45, 2.75) is 45.3 Å². The second-order valence-corrected chi connectivity index (χ2v) is 15.5. The van der Waals surface area contributed by atoms with E-state index in [1.54, 1.807) is 47.6 Å². The zero-order valence-corrected chi connectivity index (χ0v) is 27.5. The van der Waals surface area contributed by atoms with Crippen molar-refractivity contribution in [3.63, 3.8) is 0 Å². The summed E-state index contributed by atoms with van der Waals surface area (Å²) in [7, 11) is 0. The van der Waals surface area contributed by atoms with Gasteiger partial charge in [0.05, 0.1) is 0 Å². The van der Waals surface area contributed by atoms with Gasteiger partial charge in [0.2, 0.25) is 0 Å². The molecule has 0 saturated heterocycles. The number of rotatable bonds is 4. The molecule has 3 aromatic carbocycles. The molecule has 0 spiro atoms. The molecule has 46 heavy (non-hydrogen) atoms. The van der Waals surface area contributed by atoms with Gasteiger partial charge >= 0.3 is 278 Å². The number of aliphatic imine (C=N–C) groups is 2. The van der Waals surface area contributed by atoms with Crippen molar-refractivity contribution in [2.24, 2.45) is 20.5 Å². The summed E-state index contributed by atoms with van der Waals surface area (Å²) in [5.74, 6) is 5.99. The second-order valence-electron chi connectivity index (χ2n) is 12.8. The fourth-order valence-electron chi connectivity index (χ4n) is 7.09. The molecule has 9 heteroatoms. The van der Waals surface area contributed by atoms with Crippen molar-refractivity contribution in [1.29, 1.82) is 0 Å². The summed E-state index contributed by atoms with van der Waals surface area (Å²) >= 11 is -0.957. The number of hydrogen-bond donors (Lipinski definition) is 0. The van der Waals surface area contributed by atoms with Crippen molar-refractivity contribution in [2.75, 3.05) is 0 Å². The molecule has 1 unspecified atom stereocenters. The molecule has 1 aliphatic carbocycles. The molecular weight excluding hydrogens is 692 g/mol. The summed E-state index contributed by atoms with van der Waals surface area (Å²) in [6.45, 7) is 6.18. The number of nitrogens with zero attached hydrogens (tertiary/aromatic N) is 5. The van der Waals surface area contributed by atoms with Crippen LogP contribution in [0.5, 0.6) is 0 Å². The van der Waals surface area contributed by atoms with Crippen LogP contribution < -0.4 is 21.2 Å². The molecular formula is C37H28FIN5O2-. The minimum atomic E-state index is -0.957. The van der Waals surface area contributed by atoms with Gasteiger partial charge in [-0.2, -0.15) is 0 Å². The van der Waals surface area contributed by atoms with Gasteiger partial charge in [-0.3, -0.25) is 0 Å². The molecule has 1 fully saturated rings. The average molecular weight is 721 g/mol. The quantitative estimate of drug-likeness (QED) is 0.236. The van der Waals surface area contributed by atoms with Crippen molar-refractivity contribution in [1.82, 2.24) is 9.91 Å². The third-order valence-corrected chi connectivity index (χ3v) is 11.8. The predicted molar refractivity (Wildman–Crippen MR) is 171 cm³/mol. The summed E-state index contributed by atoms with van der Waals surface area (Å²) in [4.78, 5) is 38.6. The van der Waals surface area contributed by atoms with Gasteiger partial charge in [-0.15, -0.1) is 0 Å². The Balaban J connectivity index is 1.21. The minimum absolute atomic E-state index is 0.0256. The Bertz CT molecular complexity index is 2050. The number of allylic oxidation sites excluding steroid dienone is 2. The Labute approximate surface area is 276 Å². The molecule has 0 radical (unpaired) electrons. The first-order valence-corrected chi connectivity index (χ1v) is 17.2. The standard InChI is InChI=1S/C37H28FIN5O2/c1-22-12-17-31-40-19-24-18-30(28-10-6-7-11-29(28)38)39-32(41-33(24)44(31)42-22)23-13-15-25(16-14-23)37(20-36(2,3)21-37)43-34(45)26-8-4-5-9-27(26)35(43)46/h4-11,13-16,18-19,31H,20-21H2,1-3H3/q-1. The molecule has 8 rings (SSSR count). The van der Waals surface area contributed by atoms with Gasteiger partial charge in [0.25, 0.3) is 0 Å². The first-order valence-electron chi connectivity index (χ1n) is 15.1. The first kappa shape index (κ1) is 28.8. The van der Waals surface area contributed by atoms with E-state index in [0.29, 0.717) is 41.1 Å². The monoisotopic (exact) mass is 720 g/mol. The first-order chi connectivity index (χ1) is 22.1. The molecule has 1 saturated carbocycles. The Morgan fingerprint density at radius 3 is 2.22 bits per heavy atom. The van der Waals surface area contributed by atoms with Gasteiger partial charge in [-0.25, -0.2) is 0 Å². The molecule has 0 aromatic heterocycles. The zero-order valence-electron chi connectivity index (χ0n) is 25.4. The fraction of sp³-hybridized carbons (Fsp3) is 0.216. The van der Waals surface area contributed by atoms with E-state index in [4.69, 9.17) is 4.99 Å². The second kappa shape index (κ2) is 10.4. The van der Waals surface area contributed by atoms with Crippen LogP contribution in [0.25, 0.3) is 3.58 Å². The third kappa shape index (κ3) is 4.49. The summed E-state index contributed by atoms with van der Waals surface area (Å²) in [6.07, 6.45) is 4.60. The van der Waals surface area contributed by atoms with E-state index in [1.165, 1.54) is 11.0 Å². The Morgan fingerprint density at radius 1 is 0.913 bits per heavy atom. The molecule has 228 valence electrons. The molecule has 0 bridgehead atoms. The van der Waals surface area contributed by atoms with E-state index in [1.807, 2.05) is 43.3 Å². The number of hydrogen-bond acceptors (Lipinski definition) is 6. The maximum atomic E-state index is 15.2. The Hall–Kier alpha value is -4.69. The number of carbonyl (C=O) groups excluding carboxylic acids is 2. The molecule has 1 atom stereocenters. The predicted octanol–water partition coefficient (Wildman–Crippen LogP) is 3.34. The number of carbonyl (C=O) groups is 2. The fourth-order valence-corrected chi connectivity index (χ4v) is 9.88. The number of imide groups is 1.